The van der Waals surface area contributed by atoms with E-state index < -0.39 is 11.9 Å². The van der Waals surface area contributed by atoms with Crippen molar-refractivity contribution in [2.45, 2.75) is 38.9 Å². The van der Waals surface area contributed by atoms with Gasteiger partial charge >= 0.3 is 6.18 Å². The molecule has 0 saturated carbocycles. The van der Waals surface area contributed by atoms with Crippen LogP contribution in [0.5, 0.6) is 0 Å². The highest BCUT2D eigenvalue weighted by Gasteiger charge is 2.35. The van der Waals surface area contributed by atoms with E-state index >= 15 is 0 Å². The predicted molar refractivity (Wildman–Crippen MR) is 120 cm³/mol. The van der Waals surface area contributed by atoms with Gasteiger partial charge in [0.25, 0.3) is 0 Å². The molecular weight excluding hydrogens is 419 g/mol. The number of aromatic nitrogens is 2. The van der Waals surface area contributed by atoms with Crippen molar-refractivity contribution in [1.29, 1.82) is 0 Å². The lowest BCUT2D eigenvalue weighted by atomic mass is 9.90. The maximum Gasteiger partial charge on any atom is 0.433 e. The zero-order valence-electron chi connectivity index (χ0n) is 17.5. The van der Waals surface area contributed by atoms with Gasteiger partial charge in [-0.05, 0) is 55.9 Å². The number of alkyl halides is 3. The zero-order valence-corrected chi connectivity index (χ0v) is 18.3. The van der Waals surface area contributed by atoms with Crippen molar-refractivity contribution in [3.8, 4) is 10.6 Å². The highest BCUT2D eigenvalue weighted by Crippen LogP contribution is 2.37. The van der Waals surface area contributed by atoms with Crippen LogP contribution < -0.4 is 0 Å². The number of aryl methyl sites for hydroxylation is 1. The maximum absolute atomic E-state index is 13.2. The summed E-state index contributed by atoms with van der Waals surface area (Å²) in [6.07, 6.45) is -1.08. The Labute approximate surface area is 184 Å². The quantitative estimate of drug-likeness (QED) is 0.428. The second kappa shape index (κ2) is 8.91. The van der Waals surface area contributed by atoms with Crippen LogP contribution in [0, 0.1) is 5.92 Å². The lowest BCUT2D eigenvalue weighted by Gasteiger charge is -2.34. The summed E-state index contributed by atoms with van der Waals surface area (Å²) in [5.41, 5.74) is 1.98. The van der Waals surface area contributed by atoms with Crippen molar-refractivity contribution >= 4 is 17.0 Å². The normalized spacial score (nSPS) is 15.4. The van der Waals surface area contributed by atoms with Crippen LogP contribution in [0.15, 0.2) is 55.1 Å². The zero-order chi connectivity index (χ0) is 22.0. The van der Waals surface area contributed by atoms with Gasteiger partial charge in [0.05, 0.1) is 9.75 Å². The van der Waals surface area contributed by atoms with Crippen LogP contribution in [0.2, 0.25) is 0 Å². The van der Waals surface area contributed by atoms with Gasteiger partial charge in [0.15, 0.2) is 0 Å². The molecule has 1 aromatic carbocycles. The number of piperidine rings is 1. The van der Waals surface area contributed by atoms with Crippen LogP contribution in [0.4, 0.5) is 13.2 Å². The molecule has 31 heavy (non-hydrogen) atoms. The summed E-state index contributed by atoms with van der Waals surface area (Å²) >= 11 is 1.45. The number of halogens is 3. The summed E-state index contributed by atoms with van der Waals surface area (Å²) in [6, 6.07) is 15.5. The number of thiophene rings is 1. The third-order valence-electron chi connectivity index (χ3n) is 5.88. The summed E-state index contributed by atoms with van der Waals surface area (Å²) in [7, 11) is 0. The van der Waals surface area contributed by atoms with Gasteiger partial charge < -0.3 is 4.90 Å². The van der Waals surface area contributed by atoms with Crippen LogP contribution in [-0.2, 0) is 19.1 Å². The summed E-state index contributed by atoms with van der Waals surface area (Å²) in [5, 5.41) is 4.16. The fourth-order valence-electron chi connectivity index (χ4n) is 4.15. The van der Waals surface area contributed by atoms with Crippen molar-refractivity contribution in [3.63, 3.8) is 0 Å². The van der Waals surface area contributed by atoms with E-state index in [-0.39, 0.29) is 6.54 Å². The highest BCUT2D eigenvalue weighted by molar-refractivity contribution is 7.16. The van der Waals surface area contributed by atoms with Gasteiger partial charge in [0.1, 0.15) is 11.4 Å². The standard InChI is InChI=1S/C24H26F3N3S/c1-3-30-23(24(25,26)27)16-20(28-30)22-10-9-21(31-22)17(2)29-13-11-19(12-14-29)15-18-7-5-4-6-8-18/h4-10,16,19H,2-3,11-15H2,1H3. The van der Waals surface area contributed by atoms with Gasteiger partial charge in [-0.25, -0.2) is 0 Å². The molecule has 0 N–H and O–H groups in total. The molecular formula is C24H26F3N3S. The molecule has 3 heterocycles. The van der Waals surface area contributed by atoms with E-state index in [9.17, 15) is 13.2 Å². The largest absolute Gasteiger partial charge is 0.433 e. The summed E-state index contributed by atoms with van der Waals surface area (Å²) < 4.78 is 40.7. The SMILES string of the molecule is C=C(c1ccc(-c2cc(C(F)(F)F)n(CC)n2)s1)N1CCC(Cc2ccccc2)CC1. The molecule has 1 fully saturated rings. The van der Waals surface area contributed by atoms with E-state index in [4.69, 9.17) is 0 Å². The minimum absolute atomic E-state index is 0.178. The van der Waals surface area contributed by atoms with E-state index in [0.717, 1.165) is 58.6 Å². The van der Waals surface area contributed by atoms with E-state index in [1.54, 1.807) is 6.92 Å². The molecule has 3 aromatic rings. The molecule has 0 aliphatic carbocycles. The van der Waals surface area contributed by atoms with Crippen molar-refractivity contribution in [1.82, 2.24) is 14.7 Å². The Morgan fingerprint density at radius 3 is 2.45 bits per heavy atom. The van der Waals surface area contributed by atoms with Gasteiger partial charge in [0.2, 0.25) is 0 Å². The topological polar surface area (TPSA) is 21.1 Å². The molecule has 0 radical (unpaired) electrons. The monoisotopic (exact) mass is 445 g/mol. The molecule has 4 rings (SSSR count). The summed E-state index contributed by atoms with van der Waals surface area (Å²) in [6.45, 7) is 8.01. The highest BCUT2D eigenvalue weighted by atomic mass is 32.1. The van der Waals surface area contributed by atoms with E-state index in [1.807, 2.05) is 18.2 Å². The van der Waals surface area contributed by atoms with Crippen LogP contribution in [0.3, 0.4) is 0 Å². The average molecular weight is 446 g/mol. The van der Waals surface area contributed by atoms with Crippen LogP contribution in [0.1, 0.15) is 35.9 Å². The Kier molecular flexibility index (Phi) is 6.23. The molecule has 0 spiro atoms. The predicted octanol–water partition coefficient (Wildman–Crippen LogP) is 6.58. The van der Waals surface area contributed by atoms with E-state index in [1.165, 1.54) is 16.9 Å². The van der Waals surface area contributed by atoms with Gasteiger partial charge in [0, 0.05) is 25.3 Å². The first-order valence-corrected chi connectivity index (χ1v) is 11.4. The van der Waals surface area contributed by atoms with Gasteiger partial charge in [-0.1, -0.05) is 36.9 Å². The second-order valence-corrected chi connectivity index (χ2v) is 9.04. The number of benzene rings is 1. The molecule has 0 atom stereocenters. The summed E-state index contributed by atoms with van der Waals surface area (Å²) in [4.78, 5) is 4.01. The van der Waals surface area contributed by atoms with Crippen molar-refractivity contribution in [2.24, 2.45) is 5.92 Å². The van der Waals surface area contributed by atoms with E-state index in [2.05, 4.69) is 40.8 Å². The lowest BCUT2D eigenvalue weighted by Crippen LogP contribution is -2.32. The molecule has 1 saturated heterocycles. The Bertz CT molecular complexity index is 1030. The third-order valence-corrected chi connectivity index (χ3v) is 7.03. The Hall–Kier alpha value is -2.54. The molecule has 1 aliphatic rings. The number of likely N-dealkylation sites (tertiary alicyclic amines) is 1. The molecule has 3 nitrogen and oxygen atoms in total. The Balaban J connectivity index is 1.41. The molecule has 2 aromatic heterocycles. The van der Waals surface area contributed by atoms with Crippen LogP contribution >= 0.6 is 11.3 Å². The first kappa shape index (κ1) is 21.7. The number of hydrogen-bond acceptors (Lipinski definition) is 3. The fraction of sp³-hybridized carbons (Fsp3) is 0.375. The molecule has 0 bridgehead atoms. The first-order valence-electron chi connectivity index (χ1n) is 10.6. The van der Waals surface area contributed by atoms with Crippen molar-refractivity contribution in [2.75, 3.05) is 13.1 Å². The number of rotatable bonds is 6. The Morgan fingerprint density at radius 1 is 1.13 bits per heavy atom. The van der Waals surface area contributed by atoms with Gasteiger partial charge in [-0.15, -0.1) is 11.3 Å². The second-order valence-electron chi connectivity index (χ2n) is 7.96. The summed E-state index contributed by atoms with van der Waals surface area (Å²) in [5.74, 6) is 0.671. The molecule has 164 valence electrons. The lowest BCUT2D eigenvalue weighted by molar-refractivity contribution is -0.144. The smallest absolute Gasteiger partial charge is 0.371 e. The number of hydrogen-bond donors (Lipinski definition) is 0. The minimum atomic E-state index is -4.41. The fourth-order valence-corrected chi connectivity index (χ4v) is 5.11. The molecule has 7 heteroatoms. The molecule has 1 aliphatic heterocycles. The van der Waals surface area contributed by atoms with Crippen LogP contribution in [-0.4, -0.2) is 27.8 Å². The Morgan fingerprint density at radius 2 is 1.84 bits per heavy atom. The third kappa shape index (κ3) is 4.87. The minimum Gasteiger partial charge on any atom is -0.371 e. The number of nitrogens with zero attached hydrogens (tertiary/aromatic N) is 3. The maximum atomic E-state index is 13.2. The van der Waals surface area contributed by atoms with Crippen molar-refractivity contribution in [3.05, 3.63) is 71.2 Å². The van der Waals surface area contributed by atoms with Crippen LogP contribution in [0.25, 0.3) is 16.3 Å². The van der Waals surface area contributed by atoms with Gasteiger partial charge in [-0.3, -0.25) is 4.68 Å². The molecule has 0 unspecified atom stereocenters. The first-order chi connectivity index (χ1) is 14.8. The average Bonchev–Trinajstić information content (AvgIpc) is 3.41. The molecule has 0 amide bonds. The van der Waals surface area contributed by atoms with Gasteiger partial charge in [-0.2, -0.15) is 18.3 Å². The van der Waals surface area contributed by atoms with E-state index in [0.29, 0.717) is 11.6 Å². The van der Waals surface area contributed by atoms with Crippen molar-refractivity contribution < 1.29 is 13.2 Å².